The number of likely N-dealkylation sites (tertiary alicyclic amines) is 1. The molecule has 1 unspecified atom stereocenters. The van der Waals surface area contributed by atoms with Crippen LogP contribution >= 0.6 is 11.3 Å². The molecule has 70 heavy (non-hydrogen) atoms. The minimum Gasteiger partial charge on any atom is -0.493 e. The molecular formula is C53H53N9O7S. The van der Waals surface area contributed by atoms with E-state index in [4.69, 9.17) is 9.72 Å². The van der Waals surface area contributed by atoms with Gasteiger partial charge in [-0.25, -0.2) is 14.8 Å². The predicted molar refractivity (Wildman–Crippen MR) is 268 cm³/mol. The van der Waals surface area contributed by atoms with Crippen LogP contribution in [0.4, 0.5) is 16.6 Å². The number of nitrogens with zero attached hydrogens (tertiary/aromatic N) is 6. The van der Waals surface area contributed by atoms with Gasteiger partial charge in [0.15, 0.2) is 10.8 Å². The fourth-order valence-electron chi connectivity index (χ4n) is 10.3. The predicted octanol–water partition coefficient (Wildman–Crippen LogP) is 8.10. The fraction of sp³-hybridized carbons (Fsp3) is 0.321. The molecule has 6 heterocycles. The Morgan fingerprint density at radius 1 is 0.900 bits per heavy atom. The molecule has 3 aromatic heterocycles. The van der Waals surface area contributed by atoms with E-state index in [2.05, 4.69) is 30.9 Å². The third kappa shape index (κ3) is 9.58. The number of carboxylic acids is 1. The molecule has 2 saturated heterocycles. The lowest BCUT2D eigenvalue weighted by molar-refractivity contribution is -0.134. The molecule has 10 rings (SSSR count). The van der Waals surface area contributed by atoms with Crippen LogP contribution in [0.25, 0.3) is 32.2 Å². The normalized spacial score (nSPS) is 17.3. The van der Waals surface area contributed by atoms with E-state index in [0.717, 1.165) is 82.1 Å². The maximum absolute atomic E-state index is 13.6. The standard InChI is InChI=1S/C53H53N9O7S/c1-31-34(35-20-22-44(56-48(35)52(67)68)62-26-24-33-12-5-14-36(39(33)29-62)50(65)58-53-55-40-16-3-4-19-43(40)70-53)13-7-18-42(31)69-27-9-11-32-10-8-25-61(28-32)30-46(64)54-41-17-6-15-37-47(59-60(2)49(37)41)38-21-23-45(63)57-51(38)66/h3-7,12-20,22,32,38H,8-11,21,23-30H2,1-2H3,(H,54,64)(H,67,68)(H,55,58,65)(H,57,63,66)/t32-,38?/m1/s1. The number of aromatic carboxylic acids is 1. The first kappa shape index (κ1) is 46.2. The van der Waals surface area contributed by atoms with Crippen LogP contribution in [-0.4, -0.2) is 92.1 Å². The number of carbonyl (C=O) groups excluding carboxylic acids is 4. The number of thiazole rings is 1. The monoisotopic (exact) mass is 959 g/mol. The molecule has 2 atom stereocenters. The molecule has 7 aromatic rings. The number of hydrogen-bond donors (Lipinski definition) is 4. The summed E-state index contributed by atoms with van der Waals surface area (Å²) in [7, 11) is 1.79. The number of para-hydroxylation sites is 2. The van der Waals surface area contributed by atoms with Gasteiger partial charge in [-0.1, -0.05) is 59.9 Å². The number of nitrogens with one attached hydrogen (secondary N) is 3. The van der Waals surface area contributed by atoms with E-state index in [1.807, 2.05) is 103 Å². The molecule has 0 spiro atoms. The molecule has 0 bridgehead atoms. The van der Waals surface area contributed by atoms with Crippen LogP contribution in [0.2, 0.25) is 0 Å². The van der Waals surface area contributed by atoms with Crippen LogP contribution in [0.5, 0.6) is 5.75 Å². The zero-order valence-electron chi connectivity index (χ0n) is 39.0. The maximum atomic E-state index is 13.6. The van der Waals surface area contributed by atoms with Crippen LogP contribution in [0, 0.1) is 12.8 Å². The number of benzene rings is 4. The molecule has 0 radical (unpaired) electrons. The van der Waals surface area contributed by atoms with Crippen molar-refractivity contribution in [1.29, 1.82) is 0 Å². The number of aromatic nitrogens is 4. The molecular weight excluding hydrogens is 907 g/mol. The van der Waals surface area contributed by atoms with Crippen molar-refractivity contribution in [3.63, 3.8) is 0 Å². The second-order valence-electron chi connectivity index (χ2n) is 18.4. The highest BCUT2D eigenvalue weighted by molar-refractivity contribution is 7.22. The average Bonchev–Trinajstić information content (AvgIpc) is 3.93. The number of imide groups is 1. The van der Waals surface area contributed by atoms with Crippen LogP contribution < -0.4 is 25.6 Å². The van der Waals surface area contributed by atoms with Crippen molar-refractivity contribution in [2.24, 2.45) is 13.0 Å². The maximum Gasteiger partial charge on any atom is 0.355 e. The number of aryl methyl sites for hydroxylation is 1. The Hall–Kier alpha value is -7.50. The van der Waals surface area contributed by atoms with Crippen molar-refractivity contribution in [1.82, 2.24) is 30.0 Å². The summed E-state index contributed by atoms with van der Waals surface area (Å²) in [5, 5.41) is 24.9. The van der Waals surface area contributed by atoms with Gasteiger partial charge in [0.2, 0.25) is 17.7 Å². The summed E-state index contributed by atoms with van der Waals surface area (Å²) >= 11 is 1.42. The number of anilines is 3. The van der Waals surface area contributed by atoms with Crippen LogP contribution in [0.1, 0.15) is 87.7 Å². The number of carbonyl (C=O) groups is 5. The number of hydrogen-bond acceptors (Lipinski definition) is 12. The van der Waals surface area contributed by atoms with Gasteiger partial charge in [-0.15, -0.1) is 0 Å². The smallest absolute Gasteiger partial charge is 0.355 e. The van der Waals surface area contributed by atoms with Gasteiger partial charge in [0.1, 0.15) is 11.6 Å². The Morgan fingerprint density at radius 3 is 2.59 bits per heavy atom. The molecule has 4 N–H and O–H groups in total. The Morgan fingerprint density at radius 2 is 1.74 bits per heavy atom. The van der Waals surface area contributed by atoms with E-state index in [1.165, 1.54) is 11.3 Å². The second kappa shape index (κ2) is 19.8. The number of pyridine rings is 1. The fourth-order valence-corrected chi connectivity index (χ4v) is 11.2. The summed E-state index contributed by atoms with van der Waals surface area (Å²) in [5.74, 6) is -1.07. The van der Waals surface area contributed by atoms with E-state index in [9.17, 15) is 29.1 Å². The second-order valence-corrected chi connectivity index (χ2v) is 19.4. The number of piperidine rings is 2. The van der Waals surface area contributed by atoms with Gasteiger partial charge in [-0.2, -0.15) is 5.10 Å². The first-order chi connectivity index (χ1) is 34.0. The Kier molecular flexibility index (Phi) is 13.1. The van der Waals surface area contributed by atoms with Gasteiger partial charge in [-0.05, 0) is 123 Å². The number of carboxylic acid groups (broad SMARTS) is 1. The molecule has 4 amide bonds. The number of ether oxygens (including phenoxy) is 1. The van der Waals surface area contributed by atoms with Gasteiger partial charge in [-0.3, -0.25) is 39.4 Å². The highest BCUT2D eigenvalue weighted by Crippen LogP contribution is 2.36. The quantitative estimate of drug-likeness (QED) is 0.0604. The summed E-state index contributed by atoms with van der Waals surface area (Å²) in [4.78, 5) is 77.9. The minimum absolute atomic E-state index is 0.0612. The highest BCUT2D eigenvalue weighted by Gasteiger charge is 2.33. The van der Waals surface area contributed by atoms with E-state index < -0.39 is 11.9 Å². The topological polar surface area (TPSA) is 201 Å². The van der Waals surface area contributed by atoms with E-state index in [-0.39, 0.29) is 42.3 Å². The van der Waals surface area contributed by atoms with Crippen LogP contribution in [0.3, 0.4) is 0 Å². The van der Waals surface area contributed by atoms with Gasteiger partial charge in [0.05, 0.1) is 46.2 Å². The summed E-state index contributed by atoms with van der Waals surface area (Å²) in [6.07, 6.45) is 5.11. The molecule has 358 valence electrons. The van der Waals surface area contributed by atoms with Gasteiger partial charge in [0, 0.05) is 49.6 Å². The molecule has 16 nitrogen and oxygen atoms in total. The van der Waals surface area contributed by atoms with Crippen molar-refractivity contribution >= 4 is 78.7 Å². The molecule has 2 fully saturated rings. The van der Waals surface area contributed by atoms with Crippen molar-refractivity contribution < 1.29 is 33.8 Å². The van der Waals surface area contributed by atoms with E-state index in [0.29, 0.717) is 77.7 Å². The third-order valence-corrected chi connectivity index (χ3v) is 14.7. The largest absolute Gasteiger partial charge is 0.493 e. The van der Waals surface area contributed by atoms with Gasteiger partial charge >= 0.3 is 5.97 Å². The lowest BCUT2D eigenvalue weighted by Crippen LogP contribution is -2.40. The minimum atomic E-state index is -1.14. The summed E-state index contributed by atoms with van der Waals surface area (Å²) in [6.45, 7) is 5.29. The van der Waals surface area contributed by atoms with Crippen LogP contribution in [-0.2, 0) is 34.4 Å². The highest BCUT2D eigenvalue weighted by atomic mass is 32.1. The van der Waals surface area contributed by atoms with Gasteiger partial charge < -0.3 is 20.1 Å². The summed E-state index contributed by atoms with van der Waals surface area (Å²) in [6, 6.07) is 28.4. The van der Waals surface area contributed by atoms with Crippen molar-refractivity contribution in [2.45, 2.75) is 64.3 Å². The first-order valence-electron chi connectivity index (χ1n) is 23.8. The zero-order chi connectivity index (χ0) is 48.5. The molecule has 3 aliphatic heterocycles. The first-order valence-corrected chi connectivity index (χ1v) is 24.6. The Balaban J connectivity index is 0.743. The van der Waals surface area contributed by atoms with Gasteiger partial charge in [0.25, 0.3) is 5.91 Å². The zero-order valence-corrected chi connectivity index (χ0v) is 39.8. The lowest BCUT2D eigenvalue weighted by Gasteiger charge is -2.32. The molecule has 3 aliphatic rings. The molecule has 4 aromatic carbocycles. The Labute approximate surface area is 408 Å². The van der Waals surface area contributed by atoms with Crippen molar-refractivity contribution in [3.8, 4) is 16.9 Å². The number of fused-ring (bicyclic) bond motifs is 3. The Bertz CT molecular complexity index is 3170. The third-order valence-electron chi connectivity index (χ3n) is 13.7. The van der Waals surface area contributed by atoms with E-state index in [1.54, 1.807) is 11.7 Å². The van der Waals surface area contributed by atoms with Crippen LogP contribution in [0.15, 0.2) is 91.0 Å². The summed E-state index contributed by atoms with van der Waals surface area (Å²) in [5.41, 5.74) is 7.24. The summed E-state index contributed by atoms with van der Waals surface area (Å²) < 4.78 is 9.02. The average molecular weight is 960 g/mol. The SMILES string of the molecule is Cc1c(OCCC[C@H]2CCCN(CC(=O)Nc3cccc4c(C5CCC(=O)NC5=O)nn(C)c34)C2)cccc1-c1ccc(N2CCc3cccc(C(=O)Nc4nc5ccccc5s4)c3C2)nc1C(=O)O. The van der Waals surface area contributed by atoms with Crippen molar-refractivity contribution in [3.05, 3.63) is 125 Å². The molecule has 0 saturated carbocycles. The number of rotatable bonds is 14. The van der Waals surface area contributed by atoms with E-state index >= 15 is 0 Å². The molecule has 0 aliphatic carbocycles. The lowest BCUT2D eigenvalue weighted by atomic mass is 9.92. The molecule has 17 heteroatoms. The number of amides is 4. The van der Waals surface area contributed by atoms with Crippen molar-refractivity contribution in [2.75, 3.05) is 48.3 Å².